The minimum Gasteiger partial charge on any atom is -0.478 e. The van der Waals surface area contributed by atoms with E-state index in [1.54, 1.807) is 0 Å². The summed E-state index contributed by atoms with van der Waals surface area (Å²) >= 11 is 0. The molecule has 0 bridgehead atoms. The normalized spacial score (nSPS) is 18.2. The molecule has 17 heavy (non-hydrogen) atoms. The largest absolute Gasteiger partial charge is 0.478 e. The lowest BCUT2D eigenvalue weighted by molar-refractivity contribution is 0.148. The predicted molar refractivity (Wildman–Crippen MR) is 68.2 cm³/mol. The summed E-state index contributed by atoms with van der Waals surface area (Å²) in [4.78, 5) is 9.13. The van der Waals surface area contributed by atoms with E-state index in [2.05, 4.69) is 27.9 Å². The molecule has 0 aliphatic carbocycles. The van der Waals surface area contributed by atoms with Crippen molar-refractivity contribution in [3.05, 3.63) is 23.9 Å². The van der Waals surface area contributed by atoms with E-state index in [1.165, 1.54) is 5.56 Å². The Labute approximate surface area is 103 Å². The lowest BCUT2D eigenvalue weighted by atomic mass is 10.2. The maximum atomic E-state index is 5.33. The average molecular weight is 235 g/mol. The highest BCUT2D eigenvalue weighted by Gasteiger charge is 2.13. The molecule has 1 aromatic heterocycles. The number of aromatic nitrogens is 1. The minimum absolute atomic E-state index is 0.671. The predicted octanol–water partition coefficient (Wildman–Crippen LogP) is 1.23. The van der Waals surface area contributed by atoms with E-state index < -0.39 is 0 Å². The molecule has 0 N–H and O–H groups in total. The number of hydrogen-bond donors (Lipinski definition) is 0. The zero-order valence-electron chi connectivity index (χ0n) is 10.7. The monoisotopic (exact) mass is 235 g/mol. The number of likely N-dealkylation sites (N-methyl/N-ethyl adjacent to an activating group) is 1. The van der Waals surface area contributed by atoms with Gasteiger partial charge in [-0.2, -0.15) is 0 Å². The Morgan fingerprint density at radius 1 is 1.24 bits per heavy atom. The van der Waals surface area contributed by atoms with Gasteiger partial charge in [0.2, 0.25) is 5.88 Å². The van der Waals surface area contributed by atoms with Gasteiger partial charge in [-0.3, -0.25) is 4.90 Å². The van der Waals surface area contributed by atoms with Gasteiger partial charge in [-0.25, -0.2) is 4.98 Å². The van der Waals surface area contributed by atoms with Crippen LogP contribution in [0, 0.1) is 0 Å². The third-order valence-corrected chi connectivity index (χ3v) is 3.09. The molecular weight excluding hydrogens is 214 g/mol. The van der Waals surface area contributed by atoms with Gasteiger partial charge in [-0.05, 0) is 19.5 Å². The van der Waals surface area contributed by atoms with Gasteiger partial charge < -0.3 is 9.64 Å². The van der Waals surface area contributed by atoms with Gasteiger partial charge in [0.1, 0.15) is 0 Å². The smallest absolute Gasteiger partial charge is 0.213 e. The molecule has 2 heterocycles. The Balaban J connectivity index is 1.86. The Morgan fingerprint density at radius 2 is 2.00 bits per heavy atom. The maximum Gasteiger partial charge on any atom is 0.213 e. The highest BCUT2D eigenvalue weighted by Crippen LogP contribution is 2.10. The molecule has 0 aromatic carbocycles. The molecule has 0 unspecified atom stereocenters. The first-order chi connectivity index (χ1) is 8.28. The van der Waals surface area contributed by atoms with Gasteiger partial charge in [0.15, 0.2) is 0 Å². The van der Waals surface area contributed by atoms with E-state index in [4.69, 9.17) is 4.74 Å². The van der Waals surface area contributed by atoms with Gasteiger partial charge in [0.25, 0.3) is 0 Å². The van der Waals surface area contributed by atoms with E-state index in [0.29, 0.717) is 6.61 Å². The minimum atomic E-state index is 0.671. The molecule has 1 aliphatic heterocycles. The quantitative estimate of drug-likeness (QED) is 0.785. The zero-order valence-corrected chi connectivity index (χ0v) is 10.7. The van der Waals surface area contributed by atoms with Crippen LogP contribution in [0.1, 0.15) is 12.5 Å². The highest BCUT2D eigenvalue weighted by molar-refractivity contribution is 5.17. The molecule has 0 spiro atoms. The van der Waals surface area contributed by atoms with Crippen LogP contribution in [-0.2, 0) is 6.54 Å². The van der Waals surface area contributed by atoms with E-state index in [9.17, 15) is 0 Å². The lowest BCUT2D eigenvalue weighted by Crippen LogP contribution is -2.43. The summed E-state index contributed by atoms with van der Waals surface area (Å²) in [6.07, 6.45) is 1.92. The first kappa shape index (κ1) is 12.3. The SMILES string of the molecule is CCOc1ccc(CN2CCN(C)CC2)cn1. The van der Waals surface area contributed by atoms with Gasteiger partial charge >= 0.3 is 0 Å². The summed E-state index contributed by atoms with van der Waals surface area (Å²) in [5.74, 6) is 0.717. The molecule has 1 fully saturated rings. The van der Waals surface area contributed by atoms with Crippen LogP contribution in [0.15, 0.2) is 18.3 Å². The van der Waals surface area contributed by atoms with Crippen molar-refractivity contribution >= 4 is 0 Å². The topological polar surface area (TPSA) is 28.6 Å². The van der Waals surface area contributed by atoms with Crippen molar-refractivity contribution in [1.82, 2.24) is 14.8 Å². The van der Waals surface area contributed by atoms with Crippen molar-refractivity contribution < 1.29 is 4.74 Å². The van der Waals surface area contributed by atoms with Crippen LogP contribution >= 0.6 is 0 Å². The number of piperazine rings is 1. The number of pyridine rings is 1. The summed E-state index contributed by atoms with van der Waals surface area (Å²) in [5, 5.41) is 0. The number of ether oxygens (including phenoxy) is 1. The van der Waals surface area contributed by atoms with E-state index in [-0.39, 0.29) is 0 Å². The number of nitrogens with zero attached hydrogens (tertiary/aromatic N) is 3. The molecule has 4 nitrogen and oxygen atoms in total. The summed E-state index contributed by atoms with van der Waals surface area (Å²) < 4.78 is 5.33. The first-order valence-electron chi connectivity index (χ1n) is 6.26. The molecule has 1 saturated heterocycles. The fourth-order valence-electron chi connectivity index (χ4n) is 2.00. The van der Waals surface area contributed by atoms with Crippen molar-refractivity contribution in [3.8, 4) is 5.88 Å². The third kappa shape index (κ3) is 3.68. The van der Waals surface area contributed by atoms with Gasteiger partial charge in [-0.15, -0.1) is 0 Å². The van der Waals surface area contributed by atoms with Crippen molar-refractivity contribution in [2.75, 3.05) is 39.8 Å². The molecule has 0 amide bonds. The van der Waals surface area contributed by atoms with Crippen molar-refractivity contribution in [1.29, 1.82) is 0 Å². The van der Waals surface area contributed by atoms with Crippen molar-refractivity contribution in [3.63, 3.8) is 0 Å². The summed E-state index contributed by atoms with van der Waals surface area (Å²) in [7, 11) is 2.18. The average Bonchev–Trinajstić information content (AvgIpc) is 2.35. The Morgan fingerprint density at radius 3 is 2.59 bits per heavy atom. The maximum absolute atomic E-state index is 5.33. The van der Waals surface area contributed by atoms with Crippen molar-refractivity contribution in [2.24, 2.45) is 0 Å². The highest BCUT2D eigenvalue weighted by atomic mass is 16.5. The standard InChI is InChI=1S/C13H21N3O/c1-3-17-13-5-4-12(10-14-13)11-16-8-6-15(2)7-9-16/h4-5,10H,3,6-9,11H2,1-2H3. The summed E-state index contributed by atoms with van der Waals surface area (Å²) in [6, 6.07) is 4.06. The Bertz CT molecular complexity index is 331. The molecule has 94 valence electrons. The number of rotatable bonds is 4. The van der Waals surface area contributed by atoms with Gasteiger partial charge in [0.05, 0.1) is 6.61 Å². The molecular formula is C13H21N3O. The van der Waals surface area contributed by atoms with Crippen LogP contribution in [0.25, 0.3) is 0 Å². The molecule has 4 heteroatoms. The lowest BCUT2D eigenvalue weighted by Gasteiger charge is -2.32. The van der Waals surface area contributed by atoms with E-state index in [1.807, 2.05) is 19.2 Å². The van der Waals surface area contributed by atoms with Crippen LogP contribution in [0.5, 0.6) is 5.88 Å². The van der Waals surface area contributed by atoms with E-state index >= 15 is 0 Å². The summed E-state index contributed by atoms with van der Waals surface area (Å²) in [6.45, 7) is 8.24. The Hall–Kier alpha value is -1.13. The van der Waals surface area contributed by atoms with Crippen molar-refractivity contribution in [2.45, 2.75) is 13.5 Å². The second-order valence-electron chi connectivity index (χ2n) is 4.52. The Kier molecular flexibility index (Phi) is 4.34. The molecule has 0 atom stereocenters. The first-order valence-corrected chi connectivity index (χ1v) is 6.26. The van der Waals surface area contributed by atoms with Crippen LogP contribution in [-0.4, -0.2) is 54.6 Å². The fraction of sp³-hybridized carbons (Fsp3) is 0.615. The zero-order chi connectivity index (χ0) is 12.1. The van der Waals surface area contributed by atoms with Crippen LogP contribution in [0.3, 0.4) is 0 Å². The van der Waals surface area contributed by atoms with Crippen LogP contribution in [0.4, 0.5) is 0 Å². The second kappa shape index (κ2) is 5.98. The van der Waals surface area contributed by atoms with E-state index in [0.717, 1.165) is 38.6 Å². The molecule has 1 aliphatic rings. The molecule has 0 radical (unpaired) electrons. The summed E-state index contributed by atoms with van der Waals surface area (Å²) in [5.41, 5.74) is 1.26. The third-order valence-electron chi connectivity index (χ3n) is 3.09. The number of hydrogen-bond acceptors (Lipinski definition) is 4. The van der Waals surface area contributed by atoms with Crippen LogP contribution < -0.4 is 4.74 Å². The van der Waals surface area contributed by atoms with Crippen LogP contribution in [0.2, 0.25) is 0 Å². The molecule has 0 saturated carbocycles. The van der Waals surface area contributed by atoms with Gasteiger partial charge in [0, 0.05) is 45.0 Å². The fourth-order valence-corrected chi connectivity index (χ4v) is 2.00. The molecule has 1 aromatic rings. The molecule has 2 rings (SSSR count). The van der Waals surface area contributed by atoms with Gasteiger partial charge in [-0.1, -0.05) is 6.07 Å². The second-order valence-corrected chi connectivity index (χ2v) is 4.52.